The molecule has 10 heteroatoms. The van der Waals surface area contributed by atoms with E-state index in [0.717, 1.165) is 21.5 Å². The molecule has 0 unspecified atom stereocenters. The number of nitro benzene ring substituents is 1. The molecule has 0 spiro atoms. The number of amides is 1. The second-order valence-electron chi connectivity index (χ2n) is 8.15. The molecule has 9 nitrogen and oxygen atoms in total. The van der Waals surface area contributed by atoms with E-state index in [-0.39, 0.29) is 16.3 Å². The lowest BCUT2D eigenvalue weighted by atomic mass is 10.1. The Morgan fingerprint density at radius 3 is 2.20 bits per heavy atom. The number of anilines is 1. The minimum Gasteiger partial charge on any atom is -0.497 e. The summed E-state index contributed by atoms with van der Waals surface area (Å²) in [5, 5.41) is 11.4. The maximum absolute atomic E-state index is 13.6. The maximum Gasteiger partial charge on any atom is 0.273 e. The zero-order chi connectivity index (χ0) is 25.8. The Bertz CT molecular complexity index is 1320. The van der Waals surface area contributed by atoms with Crippen molar-refractivity contribution in [3.8, 4) is 5.75 Å². The van der Waals surface area contributed by atoms with Gasteiger partial charge in [0.2, 0.25) is 5.91 Å². The van der Waals surface area contributed by atoms with E-state index in [9.17, 15) is 23.3 Å². The molecule has 0 bridgehead atoms. The molecular weight excluding hydrogens is 470 g/mol. The van der Waals surface area contributed by atoms with Crippen LogP contribution in [0.25, 0.3) is 0 Å². The molecule has 0 atom stereocenters. The van der Waals surface area contributed by atoms with Crippen LogP contribution in [0.2, 0.25) is 0 Å². The first-order valence-electron chi connectivity index (χ1n) is 10.7. The van der Waals surface area contributed by atoms with Gasteiger partial charge < -0.3 is 9.64 Å². The Morgan fingerprint density at radius 1 is 1.00 bits per heavy atom. The highest BCUT2D eigenvalue weighted by Gasteiger charge is 2.30. The number of sulfonamides is 1. The van der Waals surface area contributed by atoms with E-state index in [1.807, 2.05) is 31.2 Å². The van der Waals surface area contributed by atoms with E-state index in [4.69, 9.17) is 4.74 Å². The lowest BCUT2D eigenvalue weighted by Gasteiger charge is -2.27. The fraction of sp³-hybridized carbons (Fsp3) is 0.240. The lowest BCUT2D eigenvalue weighted by molar-refractivity contribution is -0.385. The van der Waals surface area contributed by atoms with Crippen LogP contribution in [0.5, 0.6) is 5.75 Å². The SMILES string of the molecule is COc1ccc(N(CC(=O)N(C)Cc2ccc(C)cc2)S(=O)(=O)c2ccc(C)c([N+](=O)[O-])c2)cc1. The van der Waals surface area contributed by atoms with E-state index >= 15 is 0 Å². The molecule has 0 aliphatic rings. The van der Waals surface area contributed by atoms with Gasteiger partial charge >= 0.3 is 0 Å². The number of ether oxygens (including phenoxy) is 1. The molecule has 3 aromatic rings. The van der Waals surface area contributed by atoms with Gasteiger partial charge in [0.05, 0.1) is 22.6 Å². The summed E-state index contributed by atoms with van der Waals surface area (Å²) in [7, 11) is -1.23. The van der Waals surface area contributed by atoms with Crippen molar-refractivity contribution >= 4 is 27.3 Å². The summed E-state index contributed by atoms with van der Waals surface area (Å²) < 4.78 is 33.4. The number of rotatable bonds is 9. The molecule has 1 amide bonds. The quantitative estimate of drug-likeness (QED) is 0.326. The molecule has 184 valence electrons. The summed E-state index contributed by atoms with van der Waals surface area (Å²) in [6.45, 7) is 3.30. The van der Waals surface area contributed by atoms with Crippen molar-refractivity contribution < 1.29 is 22.9 Å². The van der Waals surface area contributed by atoms with Gasteiger partial charge in [0.15, 0.2) is 0 Å². The van der Waals surface area contributed by atoms with Crippen LogP contribution >= 0.6 is 0 Å². The van der Waals surface area contributed by atoms with E-state index in [2.05, 4.69) is 0 Å². The summed E-state index contributed by atoms with van der Waals surface area (Å²) in [4.78, 5) is 25.0. The average Bonchev–Trinajstić information content (AvgIpc) is 2.83. The topological polar surface area (TPSA) is 110 Å². The van der Waals surface area contributed by atoms with Crippen molar-refractivity contribution in [1.82, 2.24) is 4.90 Å². The van der Waals surface area contributed by atoms with Crippen molar-refractivity contribution in [2.45, 2.75) is 25.3 Å². The smallest absolute Gasteiger partial charge is 0.273 e. The molecule has 35 heavy (non-hydrogen) atoms. The van der Waals surface area contributed by atoms with Crippen LogP contribution in [0.3, 0.4) is 0 Å². The number of aryl methyl sites for hydroxylation is 2. The van der Waals surface area contributed by atoms with Gasteiger partial charge in [-0.3, -0.25) is 19.2 Å². The van der Waals surface area contributed by atoms with E-state index in [1.165, 1.54) is 43.2 Å². The number of hydrogen-bond donors (Lipinski definition) is 0. The third-order valence-electron chi connectivity index (χ3n) is 5.57. The van der Waals surface area contributed by atoms with Crippen LogP contribution in [0.1, 0.15) is 16.7 Å². The van der Waals surface area contributed by atoms with Gasteiger partial charge in [0.1, 0.15) is 12.3 Å². The highest BCUT2D eigenvalue weighted by atomic mass is 32.2. The molecule has 0 fully saturated rings. The first-order chi connectivity index (χ1) is 16.5. The summed E-state index contributed by atoms with van der Waals surface area (Å²) >= 11 is 0. The number of hydrogen-bond acceptors (Lipinski definition) is 6. The molecule has 0 saturated carbocycles. The second-order valence-corrected chi connectivity index (χ2v) is 10.0. The first kappa shape index (κ1) is 25.7. The van der Waals surface area contributed by atoms with Crippen molar-refractivity contribution in [2.75, 3.05) is 25.0 Å². The minimum atomic E-state index is -4.31. The van der Waals surface area contributed by atoms with Gasteiger partial charge in [-0.1, -0.05) is 35.9 Å². The number of likely N-dealkylation sites (N-methyl/N-ethyl adjacent to an activating group) is 1. The molecular formula is C25H27N3O6S. The highest BCUT2D eigenvalue weighted by Crippen LogP contribution is 2.29. The monoisotopic (exact) mass is 497 g/mol. The maximum atomic E-state index is 13.6. The summed E-state index contributed by atoms with van der Waals surface area (Å²) in [5.41, 5.74) is 2.24. The number of nitrogens with zero attached hydrogens (tertiary/aromatic N) is 3. The number of benzene rings is 3. The van der Waals surface area contributed by atoms with Crippen molar-refractivity contribution in [3.05, 3.63) is 93.5 Å². The van der Waals surface area contributed by atoms with E-state index in [0.29, 0.717) is 17.9 Å². The predicted octanol–water partition coefficient (Wildman–Crippen LogP) is 4.07. The van der Waals surface area contributed by atoms with Crippen LogP contribution in [0, 0.1) is 24.0 Å². The normalized spacial score (nSPS) is 11.1. The van der Waals surface area contributed by atoms with Gasteiger partial charge in [0.25, 0.3) is 15.7 Å². The molecule has 0 heterocycles. The minimum absolute atomic E-state index is 0.228. The molecule has 0 radical (unpaired) electrons. The van der Waals surface area contributed by atoms with E-state index in [1.54, 1.807) is 19.2 Å². The molecule has 3 aromatic carbocycles. The van der Waals surface area contributed by atoms with Gasteiger partial charge in [-0.25, -0.2) is 8.42 Å². The predicted molar refractivity (Wildman–Crippen MR) is 133 cm³/mol. The van der Waals surface area contributed by atoms with Gasteiger partial charge in [0, 0.05) is 25.2 Å². The standard InChI is InChI=1S/C25H27N3O6S/c1-18-5-8-20(9-6-18)16-26(3)25(29)17-27(21-10-12-22(34-4)13-11-21)35(32,33)23-14-7-19(2)24(15-23)28(30)31/h5-15H,16-17H2,1-4H3. The van der Waals surface area contributed by atoms with Gasteiger partial charge in [-0.2, -0.15) is 0 Å². The van der Waals surface area contributed by atoms with Crippen molar-refractivity contribution in [2.24, 2.45) is 0 Å². The van der Waals surface area contributed by atoms with Crippen LogP contribution < -0.4 is 9.04 Å². The fourth-order valence-electron chi connectivity index (χ4n) is 3.44. The van der Waals surface area contributed by atoms with Crippen LogP contribution in [-0.2, 0) is 21.4 Å². The zero-order valence-corrected chi connectivity index (χ0v) is 20.8. The fourth-order valence-corrected chi connectivity index (χ4v) is 4.87. The molecule has 0 aliphatic heterocycles. The third-order valence-corrected chi connectivity index (χ3v) is 7.34. The van der Waals surface area contributed by atoms with Gasteiger partial charge in [-0.15, -0.1) is 0 Å². The number of carbonyl (C=O) groups excluding carboxylic acids is 1. The largest absolute Gasteiger partial charge is 0.497 e. The molecule has 0 saturated heterocycles. The first-order valence-corrected chi connectivity index (χ1v) is 12.2. The van der Waals surface area contributed by atoms with Gasteiger partial charge in [-0.05, 0) is 49.7 Å². The Morgan fingerprint density at radius 2 is 1.63 bits per heavy atom. The Kier molecular flexibility index (Phi) is 7.75. The zero-order valence-electron chi connectivity index (χ0n) is 20.0. The van der Waals surface area contributed by atoms with Crippen LogP contribution in [0.15, 0.2) is 71.6 Å². The molecule has 0 N–H and O–H groups in total. The number of carbonyl (C=O) groups is 1. The summed E-state index contributed by atoms with van der Waals surface area (Å²) in [6, 6.07) is 17.6. The Balaban J connectivity index is 1.97. The Labute approximate surface area is 204 Å². The van der Waals surface area contributed by atoms with Crippen LogP contribution in [-0.4, -0.2) is 44.9 Å². The number of methoxy groups -OCH3 is 1. The lowest BCUT2D eigenvalue weighted by Crippen LogP contribution is -2.41. The molecule has 0 aliphatic carbocycles. The Hall–Kier alpha value is -3.92. The molecule has 0 aromatic heterocycles. The third kappa shape index (κ3) is 5.96. The number of nitro groups is 1. The van der Waals surface area contributed by atoms with Crippen LogP contribution in [0.4, 0.5) is 11.4 Å². The van der Waals surface area contributed by atoms with E-state index < -0.39 is 27.4 Å². The summed E-state index contributed by atoms with van der Waals surface area (Å²) in [6.07, 6.45) is 0. The summed E-state index contributed by atoms with van der Waals surface area (Å²) in [5.74, 6) is 0.0754. The molecule has 3 rings (SSSR count). The average molecular weight is 498 g/mol. The highest BCUT2D eigenvalue weighted by molar-refractivity contribution is 7.92. The van der Waals surface area contributed by atoms with Crippen molar-refractivity contribution in [3.63, 3.8) is 0 Å². The second kappa shape index (κ2) is 10.6. The van der Waals surface area contributed by atoms with Crippen molar-refractivity contribution in [1.29, 1.82) is 0 Å².